The summed E-state index contributed by atoms with van der Waals surface area (Å²) in [5.41, 5.74) is 3.49. The molecule has 26 heavy (non-hydrogen) atoms. The number of carboxylic acids is 1. The summed E-state index contributed by atoms with van der Waals surface area (Å²) in [4.78, 5) is 37.8. The topological polar surface area (TPSA) is 92.7 Å². The lowest BCUT2D eigenvalue weighted by atomic mass is 9.76. The van der Waals surface area contributed by atoms with Crippen molar-refractivity contribution < 1.29 is 24.2 Å². The largest absolute Gasteiger partial charge is 0.481 e. The quantitative estimate of drug-likeness (QED) is 0.620. The standard InChI is InChI=1S/C19H23NO5S/c1-9-7-12(13(18(22)23)8-10(9)2)16(21)20-17-15(19(24)25-3)11-5-4-6-14(11)26-17/h12-13H,4-8H2,1-3H3,(H,20,21)(H,22,23)/t12-,13-/m1/s1. The Kier molecular flexibility index (Phi) is 5.18. The van der Waals surface area contributed by atoms with Gasteiger partial charge in [0.1, 0.15) is 5.00 Å². The molecule has 0 saturated heterocycles. The second-order valence-corrected chi connectivity index (χ2v) is 8.17. The fraction of sp³-hybridized carbons (Fsp3) is 0.526. The zero-order valence-electron chi connectivity index (χ0n) is 15.2. The molecule has 1 heterocycles. The maximum atomic E-state index is 12.9. The van der Waals surface area contributed by atoms with Crippen molar-refractivity contribution in [1.29, 1.82) is 0 Å². The average molecular weight is 377 g/mol. The van der Waals surface area contributed by atoms with Crippen LogP contribution in [0.4, 0.5) is 5.00 Å². The first-order valence-corrected chi connectivity index (χ1v) is 9.56. The summed E-state index contributed by atoms with van der Waals surface area (Å²) in [5, 5.41) is 12.9. The van der Waals surface area contributed by atoms with Crippen molar-refractivity contribution in [2.45, 2.75) is 46.0 Å². The molecule has 140 valence electrons. The minimum Gasteiger partial charge on any atom is -0.481 e. The van der Waals surface area contributed by atoms with Crippen molar-refractivity contribution in [3.05, 3.63) is 27.2 Å². The normalized spacial score (nSPS) is 22.1. The summed E-state index contributed by atoms with van der Waals surface area (Å²) in [6, 6.07) is 0. The number of anilines is 1. The Morgan fingerprint density at radius 1 is 1.12 bits per heavy atom. The van der Waals surface area contributed by atoms with Crippen LogP contribution in [0, 0.1) is 11.8 Å². The van der Waals surface area contributed by atoms with E-state index in [1.807, 2.05) is 13.8 Å². The Balaban J connectivity index is 1.88. The lowest BCUT2D eigenvalue weighted by Crippen LogP contribution is -2.36. The van der Waals surface area contributed by atoms with E-state index < -0.39 is 23.8 Å². The van der Waals surface area contributed by atoms with E-state index in [-0.39, 0.29) is 5.91 Å². The highest BCUT2D eigenvalue weighted by Crippen LogP contribution is 2.41. The first-order valence-electron chi connectivity index (χ1n) is 8.75. The monoisotopic (exact) mass is 377 g/mol. The number of carbonyl (C=O) groups excluding carboxylic acids is 2. The number of hydrogen-bond acceptors (Lipinski definition) is 5. The molecule has 0 aromatic carbocycles. The number of amides is 1. The third kappa shape index (κ3) is 3.28. The minimum atomic E-state index is -0.959. The smallest absolute Gasteiger partial charge is 0.341 e. The van der Waals surface area contributed by atoms with E-state index in [1.54, 1.807) is 0 Å². The van der Waals surface area contributed by atoms with E-state index in [2.05, 4.69) is 5.32 Å². The van der Waals surface area contributed by atoms with Gasteiger partial charge in [-0.15, -0.1) is 11.3 Å². The van der Waals surface area contributed by atoms with Gasteiger partial charge in [-0.1, -0.05) is 11.1 Å². The second kappa shape index (κ2) is 7.23. The molecule has 1 aromatic rings. The van der Waals surface area contributed by atoms with E-state index in [0.717, 1.165) is 40.8 Å². The van der Waals surface area contributed by atoms with Crippen LogP contribution in [-0.2, 0) is 27.2 Å². The molecular formula is C19H23NO5S. The van der Waals surface area contributed by atoms with Crippen LogP contribution >= 0.6 is 11.3 Å². The molecule has 2 aliphatic rings. The van der Waals surface area contributed by atoms with Crippen LogP contribution in [0.5, 0.6) is 0 Å². The number of aryl methyl sites for hydroxylation is 1. The van der Waals surface area contributed by atoms with Gasteiger partial charge in [0.05, 0.1) is 24.5 Å². The van der Waals surface area contributed by atoms with Crippen molar-refractivity contribution in [2.75, 3.05) is 12.4 Å². The van der Waals surface area contributed by atoms with Crippen LogP contribution in [0.2, 0.25) is 0 Å². The number of nitrogens with one attached hydrogen (secondary N) is 1. The van der Waals surface area contributed by atoms with Gasteiger partial charge in [-0.2, -0.15) is 0 Å². The van der Waals surface area contributed by atoms with Crippen LogP contribution in [0.1, 0.15) is 53.9 Å². The van der Waals surface area contributed by atoms with Crippen molar-refractivity contribution >= 4 is 34.2 Å². The summed E-state index contributed by atoms with van der Waals surface area (Å²) >= 11 is 1.40. The van der Waals surface area contributed by atoms with E-state index in [0.29, 0.717) is 23.4 Å². The van der Waals surface area contributed by atoms with Crippen LogP contribution in [0.15, 0.2) is 11.1 Å². The highest BCUT2D eigenvalue weighted by atomic mass is 32.1. The zero-order chi connectivity index (χ0) is 19.0. The lowest BCUT2D eigenvalue weighted by molar-refractivity contribution is -0.146. The molecule has 0 aliphatic heterocycles. The van der Waals surface area contributed by atoms with Gasteiger partial charge in [0.25, 0.3) is 0 Å². The van der Waals surface area contributed by atoms with Gasteiger partial charge in [-0.3, -0.25) is 9.59 Å². The van der Waals surface area contributed by atoms with Crippen molar-refractivity contribution in [1.82, 2.24) is 0 Å². The molecule has 2 aliphatic carbocycles. The molecule has 2 atom stereocenters. The molecular weight excluding hydrogens is 354 g/mol. The minimum absolute atomic E-state index is 0.339. The van der Waals surface area contributed by atoms with Gasteiger partial charge in [-0.25, -0.2) is 4.79 Å². The molecule has 2 N–H and O–H groups in total. The number of allylic oxidation sites excluding steroid dienone is 2. The van der Waals surface area contributed by atoms with E-state index in [4.69, 9.17) is 4.74 Å². The molecule has 0 bridgehead atoms. The van der Waals surface area contributed by atoms with Gasteiger partial charge in [0.2, 0.25) is 5.91 Å². The summed E-state index contributed by atoms with van der Waals surface area (Å²) in [5.74, 6) is -3.14. The van der Waals surface area contributed by atoms with E-state index >= 15 is 0 Å². The predicted octanol–water partition coefficient (Wildman–Crippen LogP) is 3.41. The molecule has 7 heteroatoms. The van der Waals surface area contributed by atoms with Gasteiger partial charge in [0, 0.05) is 4.88 Å². The SMILES string of the molecule is COC(=O)c1c(NC(=O)[C@@H]2CC(C)=C(C)C[C@H]2C(=O)O)sc2c1CCC2. The number of ether oxygens (including phenoxy) is 1. The third-order valence-electron chi connectivity index (χ3n) is 5.47. The number of aliphatic carboxylic acids is 1. The number of hydrogen-bond donors (Lipinski definition) is 2. The molecule has 1 aromatic heterocycles. The Morgan fingerprint density at radius 2 is 1.77 bits per heavy atom. The van der Waals surface area contributed by atoms with Crippen LogP contribution in [0.25, 0.3) is 0 Å². The number of rotatable bonds is 4. The summed E-state index contributed by atoms with van der Waals surface area (Å²) in [6.07, 6.45) is 3.49. The molecule has 0 spiro atoms. The number of esters is 1. The van der Waals surface area contributed by atoms with Crippen molar-refractivity contribution in [3.8, 4) is 0 Å². The highest BCUT2D eigenvalue weighted by molar-refractivity contribution is 7.17. The average Bonchev–Trinajstić information content (AvgIpc) is 3.16. The van der Waals surface area contributed by atoms with Crippen LogP contribution < -0.4 is 5.32 Å². The van der Waals surface area contributed by atoms with Gasteiger partial charge < -0.3 is 15.2 Å². The highest BCUT2D eigenvalue weighted by Gasteiger charge is 2.38. The maximum Gasteiger partial charge on any atom is 0.341 e. The zero-order valence-corrected chi connectivity index (χ0v) is 16.0. The Bertz CT molecular complexity index is 807. The Hall–Kier alpha value is -2.15. The van der Waals surface area contributed by atoms with Crippen LogP contribution in [0.3, 0.4) is 0 Å². The van der Waals surface area contributed by atoms with Gasteiger partial charge in [0.15, 0.2) is 0 Å². The van der Waals surface area contributed by atoms with E-state index in [1.165, 1.54) is 18.4 Å². The number of fused-ring (bicyclic) bond motifs is 1. The summed E-state index contributed by atoms with van der Waals surface area (Å²) in [6.45, 7) is 3.85. The first-order chi connectivity index (χ1) is 12.3. The molecule has 3 rings (SSSR count). The van der Waals surface area contributed by atoms with Gasteiger partial charge >= 0.3 is 11.9 Å². The molecule has 6 nitrogen and oxygen atoms in total. The number of methoxy groups -OCH3 is 1. The number of carbonyl (C=O) groups is 3. The predicted molar refractivity (Wildman–Crippen MR) is 98.5 cm³/mol. The molecule has 0 saturated carbocycles. The maximum absolute atomic E-state index is 12.9. The molecule has 0 fully saturated rings. The summed E-state index contributed by atoms with van der Waals surface area (Å²) in [7, 11) is 1.32. The fourth-order valence-electron chi connectivity index (χ4n) is 3.84. The molecule has 0 unspecified atom stereocenters. The van der Waals surface area contributed by atoms with Gasteiger partial charge in [-0.05, 0) is 51.5 Å². The Morgan fingerprint density at radius 3 is 2.38 bits per heavy atom. The molecule has 0 radical (unpaired) electrons. The second-order valence-electron chi connectivity index (χ2n) is 7.06. The number of thiophene rings is 1. The third-order valence-corrected chi connectivity index (χ3v) is 6.68. The van der Waals surface area contributed by atoms with Crippen molar-refractivity contribution in [3.63, 3.8) is 0 Å². The first kappa shape index (κ1) is 18.6. The van der Waals surface area contributed by atoms with Crippen molar-refractivity contribution in [2.24, 2.45) is 11.8 Å². The van der Waals surface area contributed by atoms with Crippen LogP contribution in [-0.4, -0.2) is 30.1 Å². The fourth-order valence-corrected chi connectivity index (χ4v) is 5.12. The Labute approximate surface area is 156 Å². The number of carboxylic acid groups (broad SMARTS) is 1. The van der Waals surface area contributed by atoms with E-state index in [9.17, 15) is 19.5 Å². The summed E-state index contributed by atoms with van der Waals surface area (Å²) < 4.78 is 4.89. The lowest BCUT2D eigenvalue weighted by Gasteiger charge is -2.29. The molecule has 1 amide bonds.